The molecule has 0 saturated heterocycles. The van der Waals surface area contributed by atoms with Crippen LogP contribution in [0.3, 0.4) is 0 Å². The molecule has 0 unspecified atom stereocenters. The van der Waals surface area contributed by atoms with Crippen LogP contribution in [0.5, 0.6) is 0 Å². The second-order valence-electron chi connectivity index (χ2n) is 6.51. The van der Waals surface area contributed by atoms with Gasteiger partial charge in [-0.15, -0.1) is 11.3 Å². The first kappa shape index (κ1) is 15.3. The number of fused-ring (bicyclic) bond motifs is 1. The summed E-state index contributed by atoms with van der Waals surface area (Å²) in [4.78, 5) is 21.8. The molecule has 5 nitrogen and oxygen atoms in total. The van der Waals surface area contributed by atoms with Gasteiger partial charge in [-0.3, -0.25) is 4.79 Å². The molecule has 3 heterocycles. The van der Waals surface area contributed by atoms with Gasteiger partial charge in [0.15, 0.2) is 0 Å². The highest BCUT2D eigenvalue weighted by atomic mass is 32.1. The monoisotopic (exact) mass is 340 g/mol. The predicted molar refractivity (Wildman–Crippen MR) is 94.0 cm³/mol. The van der Waals surface area contributed by atoms with Gasteiger partial charge >= 0.3 is 0 Å². The van der Waals surface area contributed by atoms with E-state index in [4.69, 9.17) is 0 Å². The van der Waals surface area contributed by atoms with Crippen molar-refractivity contribution in [3.8, 4) is 0 Å². The Balaban J connectivity index is 1.53. The fourth-order valence-electron chi connectivity index (χ4n) is 3.49. The lowest BCUT2D eigenvalue weighted by Crippen LogP contribution is -2.44. The third-order valence-electron chi connectivity index (χ3n) is 4.62. The van der Waals surface area contributed by atoms with Crippen LogP contribution in [-0.2, 0) is 16.8 Å². The van der Waals surface area contributed by atoms with Crippen molar-refractivity contribution in [1.82, 2.24) is 19.7 Å². The summed E-state index contributed by atoms with van der Waals surface area (Å²) in [5.74, 6) is 0.0214. The number of thiazole rings is 1. The van der Waals surface area contributed by atoms with Crippen LogP contribution < -0.4 is 5.32 Å². The van der Waals surface area contributed by atoms with Gasteiger partial charge in [0.25, 0.3) is 0 Å². The van der Waals surface area contributed by atoms with Gasteiger partial charge in [0.1, 0.15) is 10.7 Å². The number of carbonyl (C=O) groups excluding carboxylic acids is 1. The highest BCUT2D eigenvalue weighted by Crippen LogP contribution is 2.40. The van der Waals surface area contributed by atoms with Crippen molar-refractivity contribution in [1.29, 1.82) is 0 Å². The smallest absolute Gasteiger partial charge is 0.226 e. The van der Waals surface area contributed by atoms with E-state index in [0.717, 1.165) is 47.7 Å². The van der Waals surface area contributed by atoms with Crippen LogP contribution in [0.1, 0.15) is 42.1 Å². The van der Waals surface area contributed by atoms with Crippen molar-refractivity contribution in [3.05, 3.63) is 52.4 Å². The molecule has 0 spiro atoms. The summed E-state index contributed by atoms with van der Waals surface area (Å²) < 4.78 is 1.94. The SMILES string of the molecule is Cc1csc(C2(NC(=O)Cc3cn4ccccc4n3)CCCC2)n1. The van der Waals surface area contributed by atoms with Crippen molar-refractivity contribution >= 4 is 22.9 Å². The molecule has 124 valence electrons. The molecule has 0 bridgehead atoms. The Morgan fingerprint density at radius 1 is 1.33 bits per heavy atom. The summed E-state index contributed by atoms with van der Waals surface area (Å²) in [6.45, 7) is 2.00. The zero-order chi connectivity index (χ0) is 16.6. The molecule has 1 saturated carbocycles. The van der Waals surface area contributed by atoms with Crippen molar-refractivity contribution < 1.29 is 4.79 Å². The molecular weight excluding hydrogens is 320 g/mol. The van der Waals surface area contributed by atoms with Crippen LogP contribution in [0.15, 0.2) is 36.0 Å². The normalized spacial score (nSPS) is 16.5. The van der Waals surface area contributed by atoms with Crippen LogP contribution >= 0.6 is 11.3 Å². The zero-order valence-corrected chi connectivity index (χ0v) is 14.5. The van der Waals surface area contributed by atoms with Gasteiger partial charge in [-0.25, -0.2) is 9.97 Å². The van der Waals surface area contributed by atoms with Gasteiger partial charge in [-0.05, 0) is 31.9 Å². The van der Waals surface area contributed by atoms with Crippen LogP contribution in [0.4, 0.5) is 0 Å². The standard InChI is InChI=1S/C18H20N4OS/c1-13-12-24-17(19-13)18(7-3-4-8-18)21-16(23)10-14-11-22-9-5-2-6-15(22)20-14/h2,5-6,9,11-12H,3-4,7-8,10H2,1H3,(H,21,23). The number of amides is 1. The minimum Gasteiger partial charge on any atom is -0.344 e. The van der Waals surface area contributed by atoms with E-state index in [1.165, 1.54) is 0 Å². The van der Waals surface area contributed by atoms with Crippen molar-refractivity contribution in [2.75, 3.05) is 0 Å². The van der Waals surface area contributed by atoms with E-state index < -0.39 is 0 Å². The van der Waals surface area contributed by atoms with E-state index in [-0.39, 0.29) is 11.4 Å². The van der Waals surface area contributed by atoms with Crippen LogP contribution in [0.2, 0.25) is 0 Å². The highest BCUT2D eigenvalue weighted by Gasteiger charge is 2.39. The largest absolute Gasteiger partial charge is 0.344 e. The first-order chi connectivity index (χ1) is 11.6. The third kappa shape index (κ3) is 2.82. The lowest BCUT2D eigenvalue weighted by molar-refractivity contribution is -0.122. The number of pyridine rings is 1. The van der Waals surface area contributed by atoms with E-state index >= 15 is 0 Å². The Kier molecular flexibility index (Phi) is 3.84. The molecule has 1 fully saturated rings. The number of rotatable bonds is 4. The maximum atomic E-state index is 12.6. The van der Waals surface area contributed by atoms with Gasteiger partial charge in [0, 0.05) is 23.5 Å². The molecule has 1 N–H and O–H groups in total. The fourth-order valence-corrected chi connectivity index (χ4v) is 4.50. The second-order valence-corrected chi connectivity index (χ2v) is 7.36. The molecule has 4 rings (SSSR count). The molecule has 6 heteroatoms. The fraction of sp³-hybridized carbons (Fsp3) is 0.389. The minimum absolute atomic E-state index is 0.0214. The van der Waals surface area contributed by atoms with Crippen LogP contribution in [0, 0.1) is 6.92 Å². The average molecular weight is 340 g/mol. The molecule has 0 atom stereocenters. The first-order valence-corrected chi connectivity index (χ1v) is 9.19. The first-order valence-electron chi connectivity index (χ1n) is 8.31. The number of hydrogen-bond donors (Lipinski definition) is 1. The van der Waals surface area contributed by atoms with E-state index in [2.05, 4.69) is 20.7 Å². The van der Waals surface area contributed by atoms with Gasteiger partial charge in [-0.1, -0.05) is 18.9 Å². The van der Waals surface area contributed by atoms with Crippen LogP contribution in [-0.4, -0.2) is 20.3 Å². The van der Waals surface area contributed by atoms with Gasteiger partial charge < -0.3 is 9.72 Å². The van der Waals surface area contributed by atoms with E-state index in [0.29, 0.717) is 6.42 Å². The van der Waals surface area contributed by atoms with Gasteiger partial charge in [0.2, 0.25) is 5.91 Å². The molecular formula is C18H20N4OS. The Bertz CT molecular complexity index is 843. The maximum Gasteiger partial charge on any atom is 0.226 e. The molecule has 1 aliphatic carbocycles. The molecule has 24 heavy (non-hydrogen) atoms. The molecule has 3 aromatic heterocycles. The number of nitrogens with zero attached hydrogens (tertiary/aromatic N) is 3. The number of aromatic nitrogens is 3. The topological polar surface area (TPSA) is 59.3 Å². The summed E-state index contributed by atoms with van der Waals surface area (Å²) in [5.41, 5.74) is 2.40. The number of hydrogen-bond acceptors (Lipinski definition) is 4. The molecule has 0 aliphatic heterocycles. The van der Waals surface area contributed by atoms with Gasteiger partial charge in [-0.2, -0.15) is 0 Å². The summed E-state index contributed by atoms with van der Waals surface area (Å²) in [7, 11) is 0. The lowest BCUT2D eigenvalue weighted by Gasteiger charge is -2.28. The van der Waals surface area contributed by atoms with Crippen molar-refractivity contribution in [2.24, 2.45) is 0 Å². The number of carbonyl (C=O) groups is 1. The highest BCUT2D eigenvalue weighted by molar-refractivity contribution is 7.09. The van der Waals surface area contributed by atoms with Gasteiger partial charge in [0.05, 0.1) is 17.7 Å². The second kappa shape index (κ2) is 6.02. The number of imidazole rings is 1. The van der Waals surface area contributed by atoms with Crippen molar-refractivity contribution in [2.45, 2.75) is 44.6 Å². The molecule has 1 amide bonds. The predicted octanol–water partition coefficient (Wildman–Crippen LogP) is 3.23. The molecule has 0 radical (unpaired) electrons. The number of nitrogens with one attached hydrogen (secondary N) is 1. The van der Waals surface area contributed by atoms with Crippen LogP contribution in [0.25, 0.3) is 5.65 Å². The van der Waals surface area contributed by atoms with E-state index in [1.54, 1.807) is 11.3 Å². The van der Waals surface area contributed by atoms with Crippen molar-refractivity contribution in [3.63, 3.8) is 0 Å². The van der Waals surface area contributed by atoms with E-state index in [1.807, 2.05) is 41.9 Å². The third-order valence-corrected chi connectivity index (χ3v) is 5.78. The summed E-state index contributed by atoms with van der Waals surface area (Å²) in [5, 5.41) is 6.38. The zero-order valence-electron chi connectivity index (χ0n) is 13.7. The Morgan fingerprint density at radius 3 is 2.88 bits per heavy atom. The minimum atomic E-state index is -0.283. The molecule has 1 aliphatic rings. The Morgan fingerprint density at radius 2 is 2.17 bits per heavy atom. The maximum absolute atomic E-state index is 12.6. The Labute approximate surface area is 144 Å². The number of aryl methyl sites for hydroxylation is 1. The summed E-state index contributed by atoms with van der Waals surface area (Å²) >= 11 is 1.65. The quantitative estimate of drug-likeness (QED) is 0.793. The van der Waals surface area contributed by atoms with E-state index in [9.17, 15) is 4.79 Å². The summed E-state index contributed by atoms with van der Waals surface area (Å²) in [6, 6.07) is 5.85. The lowest BCUT2D eigenvalue weighted by atomic mass is 9.98. The Hall–Kier alpha value is -2.21. The average Bonchev–Trinajstić information content (AvgIpc) is 3.26. The molecule has 3 aromatic rings. The summed E-state index contributed by atoms with van der Waals surface area (Å²) in [6.07, 6.45) is 8.37. The molecule has 0 aromatic carbocycles.